The molecule has 24 heavy (non-hydrogen) atoms. The Hall–Kier alpha value is -0.893. The summed E-state index contributed by atoms with van der Waals surface area (Å²) in [7, 11) is -1.28. The number of ketones is 1. The van der Waals surface area contributed by atoms with Crippen molar-refractivity contribution in [1.29, 1.82) is 0 Å². The summed E-state index contributed by atoms with van der Waals surface area (Å²) in [5.41, 5.74) is 0. The van der Waals surface area contributed by atoms with Crippen molar-refractivity contribution in [2.24, 2.45) is 11.8 Å². The van der Waals surface area contributed by atoms with Gasteiger partial charge >= 0.3 is 0 Å². The van der Waals surface area contributed by atoms with E-state index in [1.807, 2.05) is 0 Å². The lowest BCUT2D eigenvalue weighted by atomic mass is 9.77. The topological polar surface area (TPSA) is 17.1 Å². The number of Topliss-reactive ketones (excluding diaryl/α,β-unsaturated/α-hetero) is 1. The zero-order valence-electron chi connectivity index (χ0n) is 15.4. The van der Waals surface area contributed by atoms with E-state index in [1.165, 1.54) is 63.1 Å². The molecule has 0 atom stereocenters. The summed E-state index contributed by atoms with van der Waals surface area (Å²) in [6.45, 7) is 2.32. The van der Waals surface area contributed by atoms with Crippen LogP contribution in [0, 0.1) is 11.8 Å². The van der Waals surface area contributed by atoms with Crippen molar-refractivity contribution in [3.05, 3.63) is 30.3 Å². The SMILES string of the molecule is CCCCC[Si]1(c2ccccc2)CCC(C2CCC(=O)CC2)CC1. The summed E-state index contributed by atoms with van der Waals surface area (Å²) < 4.78 is 0. The highest BCUT2D eigenvalue weighted by molar-refractivity contribution is 6.92. The maximum atomic E-state index is 11.5. The van der Waals surface area contributed by atoms with Gasteiger partial charge in [0, 0.05) is 12.8 Å². The molecule has 1 aliphatic carbocycles. The molecule has 132 valence electrons. The molecule has 1 nitrogen and oxygen atoms in total. The van der Waals surface area contributed by atoms with E-state index >= 15 is 0 Å². The number of carbonyl (C=O) groups is 1. The monoisotopic (exact) mass is 342 g/mol. The van der Waals surface area contributed by atoms with E-state index in [1.54, 1.807) is 5.19 Å². The lowest BCUT2D eigenvalue weighted by Gasteiger charge is -2.42. The van der Waals surface area contributed by atoms with Crippen LogP contribution >= 0.6 is 0 Å². The van der Waals surface area contributed by atoms with Crippen molar-refractivity contribution in [1.82, 2.24) is 0 Å². The van der Waals surface area contributed by atoms with E-state index in [0.717, 1.165) is 24.7 Å². The van der Waals surface area contributed by atoms with Crippen LogP contribution in [0.25, 0.3) is 0 Å². The second kappa shape index (κ2) is 8.47. The Labute approximate surface area is 149 Å². The average molecular weight is 343 g/mol. The van der Waals surface area contributed by atoms with Gasteiger partial charge in [-0.1, -0.05) is 92.7 Å². The molecule has 0 bridgehead atoms. The van der Waals surface area contributed by atoms with Gasteiger partial charge in [-0.3, -0.25) is 4.79 Å². The molecule has 0 N–H and O–H groups in total. The Balaban J connectivity index is 1.65. The normalized spacial score (nSPS) is 28.9. The van der Waals surface area contributed by atoms with Gasteiger partial charge < -0.3 is 0 Å². The minimum absolute atomic E-state index is 0.509. The molecule has 0 radical (unpaired) electrons. The van der Waals surface area contributed by atoms with Crippen LogP contribution < -0.4 is 5.19 Å². The quantitative estimate of drug-likeness (QED) is 0.478. The first kappa shape index (κ1) is 17.9. The molecule has 1 heterocycles. The highest BCUT2D eigenvalue weighted by Gasteiger charge is 2.40. The van der Waals surface area contributed by atoms with Crippen molar-refractivity contribution in [2.75, 3.05) is 0 Å². The number of hydrogen-bond acceptors (Lipinski definition) is 1. The third-order valence-corrected chi connectivity index (χ3v) is 12.2. The molecule has 1 aromatic rings. The average Bonchev–Trinajstić information content (AvgIpc) is 2.64. The third-order valence-electron chi connectivity index (χ3n) is 6.89. The lowest BCUT2D eigenvalue weighted by molar-refractivity contribution is -0.121. The predicted molar refractivity (Wildman–Crippen MR) is 105 cm³/mol. The molecule has 0 spiro atoms. The molecule has 2 fully saturated rings. The molecule has 2 aliphatic rings. The van der Waals surface area contributed by atoms with Crippen LogP contribution in [0.3, 0.4) is 0 Å². The van der Waals surface area contributed by atoms with E-state index in [4.69, 9.17) is 0 Å². The molecule has 0 amide bonds. The maximum absolute atomic E-state index is 11.5. The third kappa shape index (κ3) is 4.19. The van der Waals surface area contributed by atoms with Crippen LogP contribution in [0.15, 0.2) is 30.3 Å². The van der Waals surface area contributed by atoms with Crippen LogP contribution in [0.5, 0.6) is 0 Å². The van der Waals surface area contributed by atoms with Crippen molar-refractivity contribution in [3.63, 3.8) is 0 Å². The Bertz CT molecular complexity index is 506. The smallest absolute Gasteiger partial charge is 0.132 e. The first-order chi connectivity index (χ1) is 11.7. The largest absolute Gasteiger partial charge is 0.300 e. The molecule has 1 saturated carbocycles. The van der Waals surface area contributed by atoms with E-state index in [0.29, 0.717) is 5.78 Å². The maximum Gasteiger partial charge on any atom is 0.132 e. The van der Waals surface area contributed by atoms with E-state index in [2.05, 4.69) is 37.3 Å². The van der Waals surface area contributed by atoms with Crippen LogP contribution in [-0.2, 0) is 4.79 Å². The fourth-order valence-electron chi connectivity index (χ4n) is 5.29. The van der Waals surface area contributed by atoms with Gasteiger partial charge in [0.1, 0.15) is 5.78 Å². The summed E-state index contributed by atoms with van der Waals surface area (Å²) in [5, 5.41) is 1.72. The first-order valence-electron chi connectivity index (χ1n) is 10.3. The molecule has 0 aromatic heterocycles. The van der Waals surface area contributed by atoms with Crippen molar-refractivity contribution < 1.29 is 4.79 Å². The fourth-order valence-corrected chi connectivity index (χ4v) is 10.6. The van der Waals surface area contributed by atoms with Crippen LogP contribution in [0.2, 0.25) is 18.1 Å². The fraction of sp³-hybridized carbons (Fsp3) is 0.682. The zero-order valence-corrected chi connectivity index (χ0v) is 16.4. The molecule has 1 aromatic carbocycles. The number of unbranched alkanes of at least 4 members (excludes halogenated alkanes) is 2. The number of rotatable bonds is 6. The highest BCUT2D eigenvalue weighted by atomic mass is 28.3. The summed E-state index contributed by atoms with van der Waals surface area (Å²) in [4.78, 5) is 11.5. The van der Waals surface area contributed by atoms with Crippen molar-refractivity contribution >= 4 is 19.0 Å². The summed E-state index contributed by atoms with van der Waals surface area (Å²) in [6, 6.07) is 16.0. The van der Waals surface area contributed by atoms with Gasteiger partial charge in [0.2, 0.25) is 0 Å². The van der Waals surface area contributed by atoms with E-state index in [-0.39, 0.29) is 0 Å². The van der Waals surface area contributed by atoms with E-state index in [9.17, 15) is 4.79 Å². The van der Waals surface area contributed by atoms with Crippen molar-refractivity contribution in [2.45, 2.75) is 82.8 Å². The summed E-state index contributed by atoms with van der Waals surface area (Å²) in [6.07, 6.45) is 11.1. The molecule has 0 unspecified atom stereocenters. The molecule has 3 rings (SSSR count). The van der Waals surface area contributed by atoms with Gasteiger partial charge in [-0.15, -0.1) is 0 Å². The Morgan fingerprint density at radius 3 is 2.17 bits per heavy atom. The molecule has 1 aliphatic heterocycles. The molecular weight excluding hydrogens is 308 g/mol. The second-order valence-electron chi connectivity index (χ2n) is 8.32. The number of hydrogen-bond donors (Lipinski definition) is 0. The van der Waals surface area contributed by atoms with Gasteiger partial charge in [0.25, 0.3) is 0 Å². The first-order valence-corrected chi connectivity index (χ1v) is 12.9. The molecule has 2 heteroatoms. The minimum atomic E-state index is -1.28. The van der Waals surface area contributed by atoms with Gasteiger partial charge in [0.05, 0.1) is 8.07 Å². The summed E-state index contributed by atoms with van der Waals surface area (Å²) >= 11 is 0. The van der Waals surface area contributed by atoms with Crippen molar-refractivity contribution in [3.8, 4) is 0 Å². The number of carbonyl (C=O) groups excluding carboxylic acids is 1. The molecular formula is C22H34OSi. The van der Waals surface area contributed by atoms with Gasteiger partial charge in [-0.2, -0.15) is 0 Å². The second-order valence-corrected chi connectivity index (χ2v) is 13.0. The van der Waals surface area contributed by atoms with E-state index < -0.39 is 8.07 Å². The Kier molecular flexibility index (Phi) is 6.32. The standard InChI is InChI=1S/C22H34OSi/c1-2-3-7-16-24(22-8-5-4-6-9-22)17-14-20(15-18-24)19-10-12-21(23)13-11-19/h4-6,8-9,19-20H,2-3,7,10-18H2,1H3. The van der Waals surface area contributed by atoms with Gasteiger partial charge in [0.15, 0.2) is 0 Å². The predicted octanol–water partition coefficient (Wildman–Crippen LogP) is 5.70. The Morgan fingerprint density at radius 2 is 1.54 bits per heavy atom. The van der Waals surface area contributed by atoms with Gasteiger partial charge in [-0.25, -0.2) is 0 Å². The number of benzene rings is 1. The summed E-state index contributed by atoms with van der Waals surface area (Å²) in [5.74, 6) is 2.27. The molecule has 1 saturated heterocycles. The van der Waals surface area contributed by atoms with Crippen LogP contribution in [-0.4, -0.2) is 13.9 Å². The minimum Gasteiger partial charge on any atom is -0.300 e. The Morgan fingerprint density at radius 1 is 0.917 bits per heavy atom. The van der Waals surface area contributed by atoms with Gasteiger partial charge in [-0.05, 0) is 24.7 Å². The van der Waals surface area contributed by atoms with Crippen LogP contribution in [0.4, 0.5) is 0 Å². The van der Waals surface area contributed by atoms with Crippen LogP contribution in [0.1, 0.15) is 64.7 Å². The lowest BCUT2D eigenvalue weighted by Crippen LogP contribution is -2.50. The zero-order chi connectivity index (χ0) is 16.8. The highest BCUT2D eigenvalue weighted by Crippen LogP contribution is 2.42.